The van der Waals surface area contributed by atoms with Crippen molar-refractivity contribution in [3.8, 4) is 0 Å². The highest BCUT2D eigenvalue weighted by Gasteiger charge is 2.31. The maximum absolute atomic E-state index is 13.1. The predicted molar refractivity (Wildman–Crippen MR) is 118 cm³/mol. The molecule has 0 spiro atoms. The molecule has 10 heteroatoms. The number of nitro groups is 1. The lowest BCUT2D eigenvalue weighted by Crippen LogP contribution is -2.46. The molecule has 3 amide bonds. The Kier molecular flexibility index (Phi) is 6.04. The van der Waals surface area contributed by atoms with E-state index in [9.17, 15) is 19.7 Å². The number of anilines is 2. The van der Waals surface area contributed by atoms with E-state index in [1.54, 1.807) is 13.0 Å². The van der Waals surface area contributed by atoms with Crippen molar-refractivity contribution in [2.45, 2.75) is 13.0 Å². The Morgan fingerprint density at radius 2 is 1.91 bits per heavy atom. The summed E-state index contributed by atoms with van der Waals surface area (Å²) in [5.41, 5.74) is 2.71. The smallest absolute Gasteiger partial charge is 0.319 e. The van der Waals surface area contributed by atoms with Crippen LogP contribution in [0.15, 0.2) is 59.8 Å². The van der Waals surface area contributed by atoms with Crippen molar-refractivity contribution >= 4 is 29.0 Å². The van der Waals surface area contributed by atoms with Gasteiger partial charge >= 0.3 is 6.03 Å². The fourth-order valence-electron chi connectivity index (χ4n) is 3.84. The molecule has 0 aliphatic carbocycles. The van der Waals surface area contributed by atoms with E-state index in [1.807, 2.05) is 24.3 Å². The first kappa shape index (κ1) is 21.3. The van der Waals surface area contributed by atoms with Crippen LogP contribution < -0.4 is 20.9 Å². The molecule has 1 unspecified atom stereocenters. The molecule has 0 radical (unpaired) electrons. The second-order valence-electron chi connectivity index (χ2n) is 7.52. The number of nitrogens with zero attached hydrogens (tertiary/aromatic N) is 2. The van der Waals surface area contributed by atoms with E-state index in [0.29, 0.717) is 30.2 Å². The zero-order chi connectivity index (χ0) is 22.7. The van der Waals surface area contributed by atoms with Gasteiger partial charge < -0.3 is 25.6 Å². The molecular formula is C22H23N5O5. The zero-order valence-corrected chi connectivity index (χ0v) is 17.5. The van der Waals surface area contributed by atoms with Crippen LogP contribution in [0.25, 0.3) is 0 Å². The number of nitro benzene ring substituents is 1. The van der Waals surface area contributed by atoms with Crippen LogP contribution in [0.4, 0.5) is 21.9 Å². The normalized spacial score (nSPS) is 18.6. The Morgan fingerprint density at radius 3 is 2.59 bits per heavy atom. The number of carbonyl (C=O) groups excluding carboxylic acids is 2. The largest absolute Gasteiger partial charge is 0.378 e. The second-order valence-corrected chi connectivity index (χ2v) is 7.52. The van der Waals surface area contributed by atoms with Gasteiger partial charge in [-0.15, -0.1) is 0 Å². The summed E-state index contributed by atoms with van der Waals surface area (Å²) >= 11 is 0. The van der Waals surface area contributed by atoms with Crippen molar-refractivity contribution in [1.29, 1.82) is 0 Å². The van der Waals surface area contributed by atoms with Gasteiger partial charge in [0.25, 0.3) is 11.6 Å². The molecule has 4 rings (SSSR count). The molecule has 0 aromatic heterocycles. The first-order valence-electron chi connectivity index (χ1n) is 10.2. The van der Waals surface area contributed by atoms with Gasteiger partial charge in [0.1, 0.15) is 0 Å². The van der Waals surface area contributed by atoms with Crippen LogP contribution in [-0.4, -0.2) is 43.2 Å². The standard InChI is InChI=1S/C22H23N5O5/c1-14-19(21(28)24-16-3-2-4-18(13-16)27(30)31)20(25-22(29)23-14)15-5-7-17(8-6-15)26-9-11-32-12-10-26/h2-8,13,20H,9-12H2,1H3,(H,24,28)(H2,23,25,29). The van der Waals surface area contributed by atoms with E-state index >= 15 is 0 Å². The third-order valence-corrected chi connectivity index (χ3v) is 5.43. The number of amides is 3. The molecule has 2 heterocycles. The van der Waals surface area contributed by atoms with Gasteiger partial charge in [-0.1, -0.05) is 18.2 Å². The number of hydrogen-bond donors (Lipinski definition) is 3. The topological polar surface area (TPSA) is 126 Å². The van der Waals surface area contributed by atoms with Gasteiger partial charge in [-0.3, -0.25) is 14.9 Å². The monoisotopic (exact) mass is 437 g/mol. The molecule has 1 saturated heterocycles. The van der Waals surface area contributed by atoms with E-state index in [2.05, 4.69) is 20.9 Å². The number of ether oxygens (including phenoxy) is 1. The van der Waals surface area contributed by atoms with Crippen LogP contribution in [0.3, 0.4) is 0 Å². The highest BCUT2D eigenvalue weighted by Crippen LogP contribution is 2.30. The summed E-state index contributed by atoms with van der Waals surface area (Å²) < 4.78 is 5.39. The number of urea groups is 1. The number of nitrogens with one attached hydrogen (secondary N) is 3. The molecule has 166 valence electrons. The molecule has 1 atom stereocenters. The van der Waals surface area contributed by atoms with Crippen LogP contribution in [0.2, 0.25) is 0 Å². The van der Waals surface area contributed by atoms with Gasteiger partial charge in [-0.05, 0) is 30.7 Å². The first-order chi connectivity index (χ1) is 15.4. The Bertz CT molecular complexity index is 1080. The SMILES string of the molecule is CC1=C(C(=O)Nc2cccc([N+](=O)[O-])c2)C(c2ccc(N3CCOCC3)cc2)NC(=O)N1. The lowest BCUT2D eigenvalue weighted by molar-refractivity contribution is -0.384. The van der Waals surface area contributed by atoms with Crippen LogP contribution in [-0.2, 0) is 9.53 Å². The first-order valence-corrected chi connectivity index (χ1v) is 10.2. The minimum absolute atomic E-state index is 0.126. The van der Waals surface area contributed by atoms with Crippen molar-refractivity contribution in [1.82, 2.24) is 10.6 Å². The van der Waals surface area contributed by atoms with Gasteiger partial charge in [0.15, 0.2) is 0 Å². The molecule has 2 aliphatic heterocycles. The van der Waals surface area contributed by atoms with Crippen LogP contribution in [0.5, 0.6) is 0 Å². The predicted octanol–water partition coefficient (Wildman–Crippen LogP) is 2.70. The second kappa shape index (κ2) is 9.06. The molecule has 3 N–H and O–H groups in total. The summed E-state index contributed by atoms with van der Waals surface area (Å²) in [4.78, 5) is 38.0. The molecule has 0 saturated carbocycles. The molecular weight excluding hydrogens is 414 g/mol. The lowest BCUT2D eigenvalue weighted by atomic mass is 9.94. The van der Waals surface area contributed by atoms with E-state index in [1.165, 1.54) is 18.2 Å². The van der Waals surface area contributed by atoms with Crippen molar-refractivity contribution in [3.63, 3.8) is 0 Å². The number of rotatable bonds is 5. The molecule has 1 fully saturated rings. The Balaban J connectivity index is 1.58. The Morgan fingerprint density at radius 1 is 1.19 bits per heavy atom. The highest BCUT2D eigenvalue weighted by molar-refractivity contribution is 6.06. The third kappa shape index (κ3) is 4.54. The molecule has 10 nitrogen and oxygen atoms in total. The number of carbonyl (C=O) groups is 2. The van der Waals surface area contributed by atoms with Gasteiger partial charge in [0.05, 0.1) is 29.8 Å². The third-order valence-electron chi connectivity index (χ3n) is 5.43. The van der Waals surface area contributed by atoms with E-state index < -0.39 is 22.9 Å². The number of hydrogen-bond acceptors (Lipinski definition) is 6. The average molecular weight is 437 g/mol. The zero-order valence-electron chi connectivity index (χ0n) is 17.5. The van der Waals surface area contributed by atoms with Gasteiger partial charge in [-0.25, -0.2) is 4.79 Å². The summed E-state index contributed by atoms with van der Waals surface area (Å²) in [5, 5.41) is 19.1. The van der Waals surface area contributed by atoms with E-state index in [0.717, 1.165) is 24.3 Å². The van der Waals surface area contributed by atoms with Crippen LogP contribution in [0.1, 0.15) is 18.5 Å². The van der Waals surface area contributed by atoms with Crippen LogP contribution in [0, 0.1) is 10.1 Å². The Labute approximate surface area is 184 Å². The van der Waals surface area contributed by atoms with Crippen molar-refractivity contribution in [2.24, 2.45) is 0 Å². The quantitative estimate of drug-likeness (QED) is 0.488. The van der Waals surface area contributed by atoms with E-state index in [-0.39, 0.29) is 5.69 Å². The van der Waals surface area contributed by atoms with Gasteiger partial charge in [0.2, 0.25) is 0 Å². The maximum atomic E-state index is 13.1. The van der Waals surface area contributed by atoms with Gasteiger partial charge in [0, 0.05) is 42.3 Å². The molecule has 2 aromatic rings. The molecule has 2 aromatic carbocycles. The summed E-state index contributed by atoms with van der Waals surface area (Å²) in [6.07, 6.45) is 0. The van der Waals surface area contributed by atoms with Crippen molar-refractivity contribution in [3.05, 3.63) is 75.5 Å². The fraction of sp³-hybridized carbons (Fsp3) is 0.273. The fourth-order valence-corrected chi connectivity index (χ4v) is 3.84. The summed E-state index contributed by atoms with van der Waals surface area (Å²) in [5.74, 6) is -0.460. The minimum Gasteiger partial charge on any atom is -0.378 e. The van der Waals surface area contributed by atoms with Gasteiger partial charge in [-0.2, -0.15) is 0 Å². The summed E-state index contributed by atoms with van der Waals surface area (Å²) in [6, 6.07) is 12.3. The minimum atomic E-state index is -0.666. The van der Waals surface area contributed by atoms with E-state index in [4.69, 9.17) is 4.74 Å². The summed E-state index contributed by atoms with van der Waals surface area (Å²) in [6.45, 7) is 4.61. The number of benzene rings is 2. The number of allylic oxidation sites excluding steroid dienone is 1. The Hall–Kier alpha value is -3.92. The molecule has 32 heavy (non-hydrogen) atoms. The number of morpholine rings is 1. The summed E-state index contributed by atoms with van der Waals surface area (Å²) in [7, 11) is 0. The lowest BCUT2D eigenvalue weighted by Gasteiger charge is -2.31. The number of non-ortho nitro benzene ring substituents is 1. The molecule has 0 bridgehead atoms. The van der Waals surface area contributed by atoms with Crippen LogP contribution >= 0.6 is 0 Å². The van der Waals surface area contributed by atoms with Crippen molar-refractivity contribution in [2.75, 3.05) is 36.5 Å². The molecule has 2 aliphatic rings. The highest BCUT2D eigenvalue weighted by atomic mass is 16.6. The van der Waals surface area contributed by atoms with Crippen molar-refractivity contribution < 1.29 is 19.2 Å². The maximum Gasteiger partial charge on any atom is 0.319 e. The average Bonchev–Trinajstić information content (AvgIpc) is 2.79.